The van der Waals surface area contributed by atoms with E-state index in [-0.39, 0.29) is 0 Å². The van der Waals surface area contributed by atoms with E-state index < -0.39 is 10.4 Å². The average Bonchev–Trinajstić information content (AvgIpc) is 2.03. The van der Waals surface area contributed by atoms with E-state index in [1.807, 2.05) is 30.3 Å². The van der Waals surface area contributed by atoms with Gasteiger partial charge in [0.25, 0.3) is 0 Å². The zero-order chi connectivity index (χ0) is 11.2. The zero-order valence-corrected chi connectivity index (χ0v) is 8.48. The van der Waals surface area contributed by atoms with Crippen LogP contribution in [0, 0.1) is 0 Å². The molecule has 0 radical (unpaired) electrons. The van der Waals surface area contributed by atoms with Crippen molar-refractivity contribution in [3.8, 4) is 0 Å². The third-order valence-electron chi connectivity index (χ3n) is 1.00. The SMILES string of the molecule is NN(Cl)c1ccccc1.O=S(=O)(O)O. The summed E-state index contributed by atoms with van der Waals surface area (Å²) < 4.78 is 32.6. The number of halogens is 1. The van der Waals surface area contributed by atoms with Crippen molar-refractivity contribution >= 4 is 27.9 Å². The third kappa shape index (κ3) is 9.23. The van der Waals surface area contributed by atoms with Gasteiger partial charge in [0, 0.05) is 11.8 Å². The van der Waals surface area contributed by atoms with Gasteiger partial charge in [0.15, 0.2) is 0 Å². The normalized spacial score (nSPS) is 10.0. The predicted molar refractivity (Wildman–Crippen MR) is 53.1 cm³/mol. The summed E-state index contributed by atoms with van der Waals surface area (Å²) in [5, 5.41) is 0. The van der Waals surface area contributed by atoms with Crippen LogP contribution in [0.3, 0.4) is 0 Å². The minimum atomic E-state index is -4.67. The quantitative estimate of drug-likeness (QED) is 0.291. The van der Waals surface area contributed by atoms with E-state index >= 15 is 0 Å². The second kappa shape index (κ2) is 5.78. The maximum Gasteiger partial charge on any atom is 0.394 e. The molecule has 0 bridgehead atoms. The summed E-state index contributed by atoms with van der Waals surface area (Å²) in [6, 6.07) is 9.30. The Labute approximate surface area is 86.6 Å². The Kier molecular flexibility index (Phi) is 5.43. The standard InChI is InChI=1S/C6H7ClN2.H2O4S/c7-9(8)6-4-2-1-3-5-6;1-5(2,3)4/h1-5H,8H2;(H2,1,2,3,4). The summed E-state index contributed by atoms with van der Waals surface area (Å²) in [6.07, 6.45) is 0. The molecule has 14 heavy (non-hydrogen) atoms. The average molecular weight is 241 g/mol. The van der Waals surface area contributed by atoms with Gasteiger partial charge in [0.05, 0.1) is 5.69 Å². The van der Waals surface area contributed by atoms with Crippen molar-refractivity contribution < 1.29 is 17.5 Å². The molecule has 1 aromatic carbocycles. The topological polar surface area (TPSA) is 104 Å². The first-order valence-corrected chi connectivity index (χ1v) is 5.00. The van der Waals surface area contributed by atoms with Crippen molar-refractivity contribution in [2.24, 2.45) is 5.84 Å². The van der Waals surface area contributed by atoms with Gasteiger partial charge in [-0.15, -0.1) is 0 Å². The number of hydrazine groups is 1. The van der Waals surface area contributed by atoms with Crippen LogP contribution in [0.15, 0.2) is 30.3 Å². The number of rotatable bonds is 1. The summed E-state index contributed by atoms with van der Waals surface area (Å²) in [5.74, 6) is 5.21. The van der Waals surface area contributed by atoms with Gasteiger partial charge in [-0.05, 0) is 12.1 Å². The van der Waals surface area contributed by atoms with E-state index in [4.69, 9.17) is 35.1 Å². The van der Waals surface area contributed by atoms with Gasteiger partial charge >= 0.3 is 10.4 Å². The molecule has 1 rings (SSSR count). The van der Waals surface area contributed by atoms with Crippen molar-refractivity contribution in [1.29, 1.82) is 0 Å². The summed E-state index contributed by atoms with van der Waals surface area (Å²) in [7, 11) is -4.67. The predicted octanol–water partition coefficient (Wildman–Crippen LogP) is 0.868. The van der Waals surface area contributed by atoms with Gasteiger partial charge in [-0.3, -0.25) is 9.11 Å². The molecule has 0 heterocycles. The van der Waals surface area contributed by atoms with E-state index in [9.17, 15) is 0 Å². The number of nitrogens with two attached hydrogens (primary N) is 1. The molecule has 8 heteroatoms. The van der Waals surface area contributed by atoms with Crippen molar-refractivity contribution in [3.63, 3.8) is 0 Å². The van der Waals surface area contributed by atoms with Gasteiger partial charge < -0.3 is 0 Å². The Morgan fingerprint density at radius 1 is 1.21 bits per heavy atom. The lowest BCUT2D eigenvalue weighted by atomic mass is 10.3. The lowest BCUT2D eigenvalue weighted by molar-refractivity contribution is 0.381. The fourth-order valence-corrected chi connectivity index (χ4v) is 0.683. The molecule has 0 aromatic heterocycles. The van der Waals surface area contributed by atoms with E-state index in [0.717, 1.165) is 10.2 Å². The number of hydrogen-bond acceptors (Lipinski definition) is 4. The number of anilines is 1. The molecule has 0 unspecified atom stereocenters. The second-order valence-electron chi connectivity index (χ2n) is 2.09. The Bertz CT molecular complexity index is 345. The lowest BCUT2D eigenvalue weighted by Gasteiger charge is -2.05. The molecule has 0 saturated heterocycles. The Morgan fingerprint density at radius 2 is 1.57 bits per heavy atom. The van der Waals surface area contributed by atoms with Gasteiger partial charge in [-0.2, -0.15) is 8.42 Å². The van der Waals surface area contributed by atoms with E-state index in [1.165, 1.54) is 0 Å². The molecule has 0 fully saturated rings. The number of benzene rings is 1. The summed E-state index contributed by atoms with van der Waals surface area (Å²) in [5.41, 5.74) is 0.791. The van der Waals surface area contributed by atoms with Crippen LogP contribution in [0.2, 0.25) is 0 Å². The van der Waals surface area contributed by atoms with Crippen LogP contribution < -0.4 is 10.4 Å². The summed E-state index contributed by atoms with van der Waals surface area (Å²) in [4.78, 5) is 0. The first-order chi connectivity index (χ1) is 6.30. The van der Waals surface area contributed by atoms with Gasteiger partial charge in [0.2, 0.25) is 0 Å². The van der Waals surface area contributed by atoms with Crippen molar-refractivity contribution in [3.05, 3.63) is 30.3 Å². The highest BCUT2D eigenvalue weighted by molar-refractivity contribution is 7.79. The van der Waals surface area contributed by atoms with Crippen LogP contribution in [-0.2, 0) is 10.4 Å². The third-order valence-corrected chi connectivity index (χ3v) is 1.20. The molecule has 80 valence electrons. The van der Waals surface area contributed by atoms with Gasteiger partial charge in [-0.25, -0.2) is 10.4 Å². The maximum atomic E-state index is 8.74. The van der Waals surface area contributed by atoms with Crippen LogP contribution in [0.25, 0.3) is 0 Å². The van der Waals surface area contributed by atoms with E-state index in [0.29, 0.717) is 0 Å². The van der Waals surface area contributed by atoms with E-state index in [1.54, 1.807) is 0 Å². The molecule has 0 saturated carbocycles. The largest absolute Gasteiger partial charge is 0.394 e. The van der Waals surface area contributed by atoms with Crippen LogP contribution in [0.4, 0.5) is 5.69 Å². The van der Waals surface area contributed by atoms with Gasteiger partial charge in [-0.1, -0.05) is 18.2 Å². The monoisotopic (exact) mass is 240 g/mol. The fourth-order valence-electron chi connectivity index (χ4n) is 0.570. The molecule has 0 spiro atoms. The fraction of sp³-hybridized carbons (Fsp3) is 0. The molecule has 6 nitrogen and oxygen atoms in total. The number of nitrogens with zero attached hydrogens (tertiary/aromatic N) is 1. The summed E-state index contributed by atoms with van der Waals surface area (Å²) in [6.45, 7) is 0. The van der Waals surface area contributed by atoms with Crippen molar-refractivity contribution in [2.75, 3.05) is 4.53 Å². The van der Waals surface area contributed by atoms with Crippen LogP contribution in [-0.4, -0.2) is 17.5 Å². The molecule has 0 aliphatic heterocycles. The minimum absolute atomic E-state index is 0.791. The number of hydrogen-bond donors (Lipinski definition) is 3. The second-order valence-corrected chi connectivity index (χ2v) is 3.35. The summed E-state index contributed by atoms with van der Waals surface area (Å²) >= 11 is 5.41. The van der Waals surface area contributed by atoms with Crippen molar-refractivity contribution in [2.45, 2.75) is 0 Å². The van der Waals surface area contributed by atoms with Crippen LogP contribution in [0.5, 0.6) is 0 Å². The Hall–Kier alpha value is -0.860. The maximum absolute atomic E-state index is 8.74. The van der Waals surface area contributed by atoms with Crippen molar-refractivity contribution in [1.82, 2.24) is 0 Å². The number of para-hydroxylation sites is 1. The lowest BCUT2D eigenvalue weighted by Crippen LogP contribution is -2.17. The van der Waals surface area contributed by atoms with Crippen LogP contribution >= 0.6 is 11.8 Å². The minimum Gasteiger partial charge on any atom is -0.264 e. The molecular weight excluding hydrogens is 232 g/mol. The molecular formula is C6H9ClN2O4S. The van der Waals surface area contributed by atoms with Gasteiger partial charge in [0.1, 0.15) is 0 Å². The highest BCUT2D eigenvalue weighted by Gasteiger charge is 1.91. The zero-order valence-electron chi connectivity index (χ0n) is 6.91. The Morgan fingerprint density at radius 3 is 1.79 bits per heavy atom. The highest BCUT2D eigenvalue weighted by atomic mass is 35.5. The molecule has 4 N–H and O–H groups in total. The van der Waals surface area contributed by atoms with Crippen LogP contribution in [0.1, 0.15) is 0 Å². The molecule has 1 aromatic rings. The Balaban J connectivity index is 0.000000292. The first-order valence-electron chi connectivity index (χ1n) is 3.26. The molecule has 0 aliphatic rings. The molecule has 0 amide bonds. The highest BCUT2D eigenvalue weighted by Crippen LogP contribution is 2.09. The molecule has 0 atom stereocenters. The molecule has 0 aliphatic carbocycles. The van der Waals surface area contributed by atoms with E-state index in [2.05, 4.69) is 0 Å². The first kappa shape index (κ1) is 13.1. The smallest absolute Gasteiger partial charge is 0.264 e.